The van der Waals surface area contributed by atoms with Gasteiger partial charge < -0.3 is 10.6 Å². The third-order valence-electron chi connectivity index (χ3n) is 3.18. The van der Waals surface area contributed by atoms with Crippen LogP contribution in [-0.2, 0) is 20.4 Å². The summed E-state index contributed by atoms with van der Waals surface area (Å²) in [5, 5.41) is 4.93. The maximum atomic E-state index is 13.6. The van der Waals surface area contributed by atoms with Crippen LogP contribution in [0.25, 0.3) is 0 Å². The highest BCUT2D eigenvalue weighted by atomic mass is 32.2. The number of hydrogen-bond donors (Lipinski definition) is 2. The number of amides is 2. The number of benzene rings is 2. The molecule has 0 saturated carbocycles. The number of hydrogen-bond acceptors (Lipinski definition) is 4. The molecule has 0 radical (unpaired) electrons. The van der Waals surface area contributed by atoms with Gasteiger partial charge in [0.2, 0.25) is 5.91 Å². The molecule has 0 heterocycles. The molecule has 6 nitrogen and oxygen atoms in total. The minimum Gasteiger partial charge on any atom is -0.324 e. The van der Waals surface area contributed by atoms with Gasteiger partial charge >= 0.3 is 0 Å². The summed E-state index contributed by atoms with van der Waals surface area (Å²) in [4.78, 5) is 23.3. The number of anilines is 2. The van der Waals surface area contributed by atoms with Crippen LogP contribution in [0, 0.1) is 5.82 Å². The van der Waals surface area contributed by atoms with Crippen LogP contribution in [0.2, 0.25) is 0 Å². The predicted octanol–water partition coefficient (Wildman–Crippen LogP) is 2.58. The summed E-state index contributed by atoms with van der Waals surface area (Å²) in [6.07, 6.45) is 1.13. The maximum absolute atomic E-state index is 13.6. The number of rotatable bonds is 5. The Kier molecular flexibility index (Phi) is 5.53. The molecule has 0 aliphatic rings. The second kappa shape index (κ2) is 7.43. The molecule has 2 aromatic rings. The van der Waals surface area contributed by atoms with Gasteiger partial charge in [0.25, 0.3) is 5.91 Å². The lowest BCUT2D eigenvalue weighted by Crippen LogP contribution is -2.13. The third-order valence-corrected chi connectivity index (χ3v) is 4.04. The van der Waals surface area contributed by atoms with Crippen molar-refractivity contribution in [2.45, 2.75) is 12.7 Å². The highest BCUT2D eigenvalue weighted by Gasteiger charge is 2.10. The van der Waals surface area contributed by atoms with Crippen molar-refractivity contribution in [3.63, 3.8) is 0 Å². The van der Waals surface area contributed by atoms with Gasteiger partial charge in [-0.15, -0.1) is 0 Å². The van der Waals surface area contributed by atoms with Crippen LogP contribution in [-0.4, -0.2) is 26.5 Å². The zero-order chi connectivity index (χ0) is 18.6. The van der Waals surface area contributed by atoms with Crippen molar-refractivity contribution in [1.29, 1.82) is 0 Å². The molecule has 0 fully saturated rings. The van der Waals surface area contributed by atoms with E-state index >= 15 is 0 Å². The topological polar surface area (TPSA) is 92.3 Å². The summed E-state index contributed by atoms with van der Waals surface area (Å²) in [7, 11) is -3.15. The largest absolute Gasteiger partial charge is 0.324 e. The van der Waals surface area contributed by atoms with E-state index in [0.29, 0.717) is 16.8 Å². The summed E-state index contributed by atoms with van der Waals surface area (Å²) >= 11 is 0. The molecule has 0 aromatic heterocycles. The highest BCUT2D eigenvalue weighted by molar-refractivity contribution is 7.89. The van der Waals surface area contributed by atoms with E-state index in [-0.39, 0.29) is 11.4 Å². The Morgan fingerprint density at radius 2 is 1.68 bits per heavy atom. The highest BCUT2D eigenvalue weighted by Crippen LogP contribution is 2.20. The van der Waals surface area contributed by atoms with Crippen LogP contribution in [0.5, 0.6) is 0 Å². The van der Waals surface area contributed by atoms with E-state index < -0.39 is 27.5 Å². The smallest absolute Gasteiger partial charge is 0.255 e. The average molecular weight is 364 g/mol. The number of nitrogens with one attached hydrogen (secondary N) is 2. The number of carbonyl (C=O) groups is 2. The average Bonchev–Trinajstić information content (AvgIpc) is 2.49. The Morgan fingerprint density at radius 3 is 2.24 bits per heavy atom. The predicted molar refractivity (Wildman–Crippen MR) is 93.6 cm³/mol. The summed E-state index contributed by atoms with van der Waals surface area (Å²) in [6.45, 7) is 1.25. The monoisotopic (exact) mass is 364 g/mol. The minimum atomic E-state index is -3.15. The lowest BCUT2D eigenvalue weighted by molar-refractivity contribution is -0.114. The minimum absolute atomic E-state index is 0.0335. The first-order valence-electron chi connectivity index (χ1n) is 7.29. The Morgan fingerprint density at radius 1 is 1.04 bits per heavy atom. The second-order valence-corrected chi connectivity index (χ2v) is 7.74. The van der Waals surface area contributed by atoms with Gasteiger partial charge in [-0.1, -0.05) is 12.1 Å². The molecule has 132 valence electrons. The molecular weight excluding hydrogens is 347 g/mol. The Hall–Kier alpha value is -2.74. The van der Waals surface area contributed by atoms with E-state index in [1.165, 1.54) is 31.2 Å². The maximum Gasteiger partial charge on any atom is 0.255 e. The molecule has 0 unspecified atom stereocenters. The van der Waals surface area contributed by atoms with E-state index in [9.17, 15) is 22.4 Å². The van der Waals surface area contributed by atoms with Crippen LogP contribution in [0.4, 0.5) is 15.8 Å². The number of sulfone groups is 1. The van der Waals surface area contributed by atoms with Crippen molar-refractivity contribution in [3.8, 4) is 0 Å². The molecule has 2 N–H and O–H groups in total. The molecular formula is C17H17FN2O4S. The summed E-state index contributed by atoms with van der Waals surface area (Å²) in [5.41, 5.74) is 1.18. The number of carbonyl (C=O) groups excluding carboxylic acids is 2. The molecule has 0 saturated heterocycles. The normalized spacial score (nSPS) is 11.0. The standard InChI is InChI=1S/C17H17FN2O4S/c1-11(21)19-16-9-14(7-8-15(16)18)20-17(22)13-5-3-12(4-6-13)10-25(2,23)24/h3-9H,10H2,1-2H3,(H,19,21)(H,20,22). The summed E-state index contributed by atoms with van der Waals surface area (Å²) in [5.74, 6) is -1.58. The van der Waals surface area contributed by atoms with Crippen molar-refractivity contribution in [1.82, 2.24) is 0 Å². The van der Waals surface area contributed by atoms with Crippen molar-refractivity contribution >= 4 is 33.0 Å². The van der Waals surface area contributed by atoms with Crippen molar-refractivity contribution in [2.24, 2.45) is 0 Å². The van der Waals surface area contributed by atoms with Crippen molar-refractivity contribution < 1.29 is 22.4 Å². The quantitative estimate of drug-likeness (QED) is 0.853. The zero-order valence-corrected chi connectivity index (χ0v) is 14.5. The Bertz CT molecular complexity index is 909. The molecule has 2 amide bonds. The molecule has 0 aliphatic heterocycles. The van der Waals surface area contributed by atoms with Gasteiger partial charge in [0.1, 0.15) is 5.82 Å². The van der Waals surface area contributed by atoms with Crippen LogP contribution in [0.1, 0.15) is 22.8 Å². The Balaban J connectivity index is 2.13. The van der Waals surface area contributed by atoms with Crippen LogP contribution < -0.4 is 10.6 Å². The van der Waals surface area contributed by atoms with Gasteiger partial charge in [-0.25, -0.2) is 12.8 Å². The molecule has 0 spiro atoms. The molecule has 0 aliphatic carbocycles. The fourth-order valence-electron chi connectivity index (χ4n) is 2.15. The van der Waals surface area contributed by atoms with Crippen LogP contribution in [0.15, 0.2) is 42.5 Å². The fraction of sp³-hybridized carbons (Fsp3) is 0.176. The van der Waals surface area contributed by atoms with E-state index in [0.717, 1.165) is 12.3 Å². The molecule has 8 heteroatoms. The van der Waals surface area contributed by atoms with Crippen LogP contribution in [0.3, 0.4) is 0 Å². The molecule has 2 aromatic carbocycles. The first-order valence-corrected chi connectivity index (χ1v) is 9.35. The molecule has 2 rings (SSSR count). The van der Waals surface area contributed by atoms with Gasteiger partial charge in [0.15, 0.2) is 9.84 Å². The van der Waals surface area contributed by atoms with Crippen LogP contribution >= 0.6 is 0 Å². The van der Waals surface area contributed by atoms with Gasteiger partial charge in [0.05, 0.1) is 11.4 Å². The third kappa shape index (κ3) is 5.68. The lowest BCUT2D eigenvalue weighted by atomic mass is 10.1. The van der Waals surface area contributed by atoms with E-state index in [1.54, 1.807) is 12.1 Å². The lowest BCUT2D eigenvalue weighted by Gasteiger charge is -2.09. The number of halogens is 1. The van der Waals surface area contributed by atoms with Gasteiger partial charge in [0, 0.05) is 24.4 Å². The first kappa shape index (κ1) is 18.6. The SMILES string of the molecule is CC(=O)Nc1cc(NC(=O)c2ccc(CS(C)(=O)=O)cc2)ccc1F. The first-order chi connectivity index (χ1) is 11.6. The zero-order valence-electron chi connectivity index (χ0n) is 13.7. The summed E-state index contributed by atoms with van der Waals surface area (Å²) in [6, 6.07) is 9.95. The van der Waals surface area contributed by atoms with Gasteiger partial charge in [-0.05, 0) is 35.9 Å². The molecule has 0 bridgehead atoms. The van der Waals surface area contributed by atoms with Gasteiger partial charge in [-0.3, -0.25) is 9.59 Å². The Labute approximate surface area is 145 Å². The van der Waals surface area contributed by atoms with E-state index in [4.69, 9.17) is 0 Å². The second-order valence-electron chi connectivity index (χ2n) is 5.60. The van der Waals surface area contributed by atoms with E-state index in [1.807, 2.05) is 0 Å². The van der Waals surface area contributed by atoms with E-state index in [2.05, 4.69) is 10.6 Å². The molecule has 0 atom stereocenters. The fourth-order valence-corrected chi connectivity index (χ4v) is 2.94. The van der Waals surface area contributed by atoms with Crippen molar-refractivity contribution in [3.05, 3.63) is 59.4 Å². The summed E-state index contributed by atoms with van der Waals surface area (Å²) < 4.78 is 36.1. The van der Waals surface area contributed by atoms with Gasteiger partial charge in [-0.2, -0.15) is 0 Å². The molecule has 25 heavy (non-hydrogen) atoms. The van der Waals surface area contributed by atoms with Crippen molar-refractivity contribution in [2.75, 3.05) is 16.9 Å².